The molecular weight excluding hydrogens is 316 g/mol. The predicted molar refractivity (Wildman–Crippen MR) is 73.1 cm³/mol. The number of benzene rings is 2. The van der Waals surface area contributed by atoms with E-state index in [1.165, 1.54) is 12.1 Å². The van der Waals surface area contributed by atoms with E-state index >= 15 is 0 Å². The van der Waals surface area contributed by atoms with Crippen molar-refractivity contribution in [3.05, 3.63) is 63.6 Å². The van der Waals surface area contributed by atoms with Gasteiger partial charge in [-0.2, -0.15) is 0 Å². The minimum atomic E-state index is -0.919. The molecular formula is C14H12BrF2NO. The number of halogens is 3. The standard InChI is InChI=1S/C14H12BrF2NO/c1-19-8-5-6-9(11(15)7-8)14(18)10-3-2-4-12(16)13(10)17/h2-7,14H,18H2,1H3. The molecule has 2 aromatic carbocycles. The molecule has 0 aliphatic carbocycles. The summed E-state index contributed by atoms with van der Waals surface area (Å²) < 4.78 is 32.7. The molecule has 0 radical (unpaired) electrons. The summed E-state index contributed by atoms with van der Waals surface area (Å²) in [5.74, 6) is -1.17. The molecule has 2 aromatic rings. The Morgan fingerprint density at radius 2 is 1.89 bits per heavy atom. The van der Waals surface area contributed by atoms with Crippen LogP contribution < -0.4 is 10.5 Å². The van der Waals surface area contributed by atoms with E-state index in [2.05, 4.69) is 15.9 Å². The highest BCUT2D eigenvalue weighted by molar-refractivity contribution is 9.10. The van der Waals surface area contributed by atoms with Gasteiger partial charge in [-0.15, -0.1) is 0 Å². The van der Waals surface area contributed by atoms with Crippen molar-refractivity contribution >= 4 is 15.9 Å². The van der Waals surface area contributed by atoms with Crippen molar-refractivity contribution < 1.29 is 13.5 Å². The Balaban J connectivity index is 2.44. The van der Waals surface area contributed by atoms with Crippen molar-refractivity contribution in [1.29, 1.82) is 0 Å². The normalized spacial score (nSPS) is 12.3. The molecule has 0 spiro atoms. The largest absolute Gasteiger partial charge is 0.497 e. The molecule has 19 heavy (non-hydrogen) atoms. The van der Waals surface area contributed by atoms with E-state index in [1.54, 1.807) is 25.3 Å². The fraction of sp³-hybridized carbons (Fsp3) is 0.143. The molecule has 0 saturated heterocycles. The van der Waals surface area contributed by atoms with Crippen molar-refractivity contribution in [2.75, 3.05) is 7.11 Å². The first-order valence-electron chi connectivity index (χ1n) is 5.57. The lowest BCUT2D eigenvalue weighted by atomic mass is 9.99. The molecule has 0 aliphatic heterocycles. The van der Waals surface area contributed by atoms with Gasteiger partial charge in [-0.25, -0.2) is 8.78 Å². The summed E-state index contributed by atoms with van der Waals surface area (Å²) >= 11 is 3.35. The highest BCUT2D eigenvalue weighted by atomic mass is 79.9. The van der Waals surface area contributed by atoms with Crippen LogP contribution in [-0.4, -0.2) is 7.11 Å². The highest BCUT2D eigenvalue weighted by Crippen LogP contribution is 2.31. The highest BCUT2D eigenvalue weighted by Gasteiger charge is 2.18. The first-order valence-corrected chi connectivity index (χ1v) is 6.37. The van der Waals surface area contributed by atoms with E-state index < -0.39 is 17.7 Å². The minimum Gasteiger partial charge on any atom is -0.497 e. The van der Waals surface area contributed by atoms with Gasteiger partial charge in [-0.05, 0) is 23.8 Å². The molecule has 0 aliphatic rings. The number of ether oxygens (including phenoxy) is 1. The second-order valence-electron chi connectivity index (χ2n) is 4.01. The molecule has 0 amide bonds. The molecule has 2 N–H and O–H groups in total. The SMILES string of the molecule is COc1ccc(C(N)c2cccc(F)c2F)c(Br)c1. The van der Waals surface area contributed by atoms with Crippen molar-refractivity contribution in [3.63, 3.8) is 0 Å². The van der Waals surface area contributed by atoms with Crippen LogP contribution >= 0.6 is 15.9 Å². The number of hydrogen-bond donors (Lipinski definition) is 1. The van der Waals surface area contributed by atoms with Crippen LogP contribution in [0.25, 0.3) is 0 Å². The fourth-order valence-corrected chi connectivity index (χ4v) is 2.42. The molecule has 0 fully saturated rings. The van der Waals surface area contributed by atoms with E-state index in [0.717, 1.165) is 6.07 Å². The van der Waals surface area contributed by atoms with Crippen LogP contribution in [0.5, 0.6) is 5.75 Å². The summed E-state index contributed by atoms with van der Waals surface area (Å²) in [5.41, 5.74) is 6.78. The van der Waals surface area contributed by atoms with Crippen LogP contribution in [0.1, 0.15) is 17.2 Å². The lowest BCUT2D eigenvalue weighted by Gasteiger charge is -2.16. The summed E-state index contributed by atoms with van der Waals surface area (Å²) in [4.78, 5) is 0. The van der Waals surface area contributed by atoms with Crippen LogP contribution in [0.3, 0.4) is 0 Å². The topological polar surface area (TPSA) is 35.2 Å². The van der Waals surface area contributed by atoms with Gasteiger partial charge in [0.2, 0.25) is 0 Å². The van der Waals surface area contributed by atoms with E-state index in [-0.39, 0.29) is 5.56 Å². The first kappa shape index (κ1) is 14.0. The van der Waals surface area contributed by atoms with Gasteiger partial charge >= 0.3 is 0 Å². The first-order chi connectivity index (χ1) is 9.04. The number of nitrogens with two attached hydrogens (primary N) is 1. The van der Waals surface area contributed by atoms with Gasteiger partial charge in [0, 0.05) is 10.0 Å². The third-order valence-corrected chi connectivity index (χ3v) is 3.55. The smallest absolute Gasteiger partial charge is 0.163 e. The van der Waals surface area contributed by atoms with Crippen molar-refractivity contribution in [2.45, 2.75) is 6.04 Å². The zero-order valence-electron chi connectivity index (χ0n) is 10.2. The summed E-state index contributed by atoms with van der Waals surface area (Å²) in [7, 11) is 1.55. The van der Waals surface area contributed by atoms with Gasteiger partial charge in [-0.1, -0.05) is 34.1 Å². The maximum absolute atomic E-state index is 13.7. The Bertz CT molecular complexity index is 604. The zero-order chi connectivity index (χ0) is 14.0. The lowest BCUT2D eigenvalue weighted by molar-refractivity contribution is 0.414. The Morgan fingerprint density at radius 1 is 1.16 bits per heavy atom. The van der Waals surface area contributed by atoms with Gasteiger partial charge in [0.15, 0.2) is 11.6 Å². The molecule has 5 heteroatoms. The molecule has 0 bridgehead atoms. The van der Waals surface area contributed by atoms with Crippen LogP contribution in [0.4, 0.5) is 8.78 Å². The third kappa shape index (κ3) is 2.77. The summed E-state index contributed by atoms with van der Waals surface area (Å²) in [6, 6.07) is 8.39. The van der Waals surface area contributed by atoms with Crippen molar-refractivity contribution in [1.82, 2.24) is 0 Å². The lowest BCUT2D eigenvalue weighted by Crippen LogP contribution is -2.15. The Morgan fingerprint density at radius 3 is 2.53 bits per heavy atom. The van der Waals surface area contributed by atoms with Gasteiger partial charge in [-0.3, -0.25) is 0 Å². The fourth-order valence-electron chi connectivity index (χ4n) is 1.82. The van der Waals surface area contributed by atoms with Gasteiger partial charge in [0.25, 0.3) is 0 Å². The average Bonchev–Trinajstić information content (AvgIpc) is 2.41. The Kier molecular flexibility index (Phi) is 4.17. The third-order valence-electron chi connectivity index (χ3n) is 2.86. The zero-order valence-corrected chi connectivity index (χ0v) is 11.7. The van der Waals surface area contributed by atoms with Gasteiger partial charge in [0.1, 0.15) is 5.75 Å². The Labute approximate surface area is 118 Å². The quantitative estimate of drug-likeness (QED) is 0.931. The van der Waals surface area contributed by atoms with Crippen LogP contribution in [0.15, 0.2) is 40.9 Å². The number of rotatable bonds is 3. The van der Waals surface area contributed by atoms with Gasteiger partial charge in [0.05, 0.1) is 13.2 Å². The second-order valence-corrected chi connectivity index (χ2v) is 4.86. The minimum absolute atomic E-state index is 0.117. The molecule has 2 rings (SSSR count). The molecule has 1 atom stereocenters. The molecule has 0 aromatic heterocycles. The van der Waals surface area contributed by atoms with Crippen molar-refractivity contribution in [2.24, 2.45) is 5.73 Å². The second kappa shape index (κ2) is 5.67. The van der Waals surface area contributed by atoms with E-state index in [0.29, 0.717) is 15.8 Å². The molecule has 1 unspecified atom stereocenters. The van der Waals surface area contributed by atoms with E-state index in [1.807, 2.05) is 0 Å². The number of methoxy groups -OCH3 is 1. The summed E-state index contributed by atoms with van der Waals surface area (Å²) in [6.07, 6.45) is 0. The summed E-state index contributed by atoms with van der Waals surface area (Å²) in [6.45, 7) is 0. The van der Waals surface area contributed by atoms with E-state index in [9.17, 15) is 8.78 Å². The Hall–Kier alpha value is -1.46. The maximum Gasteiger partial charge on any atom is 0.163 e. The van der Waals surface area contributed by atoms with Crippen LogP contribution in [0.2, 0.25) is 0 Å². The molecule has 2 nitrogen and oxygen atoms in total. The monoisotopic (exact) mass is 327 g/mol. The van der Waals surface area contributed by atoms with Crippen molar-refractivity contribution in [3.8, 4) is 5.75 Å². The molecule has 100 valence electrons. The molecule has 0 heterocycles. The number of hydrogen-bond acceptors (Lipinski definition) is 2. The summed E-state index contributed by atoms with van der Waals surface area (Å²) in [5, 5.41) is 0. The maximum atomic E-state index is 13.7. The average molecular weight is 328 g/mol. The van der Waals surface area contributed by atoms with Crippen LogP contribution in [0, 0.1) is 11.6 Å². The molecule has 0 saturated carbocycles. The van der Waals surface area contributed by atoms with Crippen LogP contribution in [-0.2, 0) is 0 Å². The van der Waals surface area contributed by atoms with Gasteiger partial charge < -0.3 is 10.5 Å². The van der Waals surface area contributed by atoms with E-state index in [4.69, 9.17) is 10.5 Å². The predicted octanol–water partition coefficient (Wildman–Crippen LogP) is 3.78.